The molecule has 3 aromatic rings. The third kappa shape index (κ3) is 5.33. The maximum absolute atomic E-state index is 13.5. The van der Waals surface area contributed by atoms with Crippen LogP contribution in [0.3, 0.4) is 0 Å². The highest BCUT2D eigenvalue weighted by atomic mass is 32.1. The van der Waals surface area contributed by atoms with Crippen LogP contribution in [-0.2, 0) is 16.0 Å². The molecule has 1 N–H and O–H groups in total. The molecule has 2 aliphatic rings. The molecule has 8 heteroatoms. The van der Waals surface area contributed by atoms with Crippen LogP contribution in [-0.4, -0.2) is 40.4 Å². The Kier molecular flexibility index (Phi) is 6.83. The van der Waals surface area contributed by atoms with Crippen LogP contribution in [0.5, 0.6) is 0 Å². The SMILES string of the molecule is O=C(Cc1csc(-c2cn(C3CCCC3)nc2-c2ccc(F)cc2)n1)NCC1CCOCC1. The highest BCUT2D eigenvalue weighted by Crippen LogP contribution is 2.37. The highest BCUT2D eigenvalue weighted by Gasteiger charge is 2.23. The van der Waals surface area contributed by atoms with Crippen LogP contribution in [0.2, 0.25) is 0 Å². The summed E-state index contributed by atoms with van der Waals surface area (Å²) in [5, 5.41) is 10.7. The zero-order valence-electron chi connectivity index (χ0n) is 18.6. The molecule has 0 bridgehead atoms. The quantitative estimate of drug-likeness (QED) is 0.529. The summed E-state index contributed by atoms with van der Waals surface area (Å²) in [7, 11) is 0. The van der Waals surface area contributed by atoms with Gasteiger partial charge >= 0.3 is 0 Å². The summed E-state index contributed by atoms with van der Waals surface area (Å²) in [6.45, 7) is 2.25. The minimum Gasteiger partial charge on any atom is -0.381 e. The molecule has 5 rings (SSSR count). The minimum absolute atomic E-state index is 0.00116. The molecule has 1 aromatic carbocycles. The van der Waals surface area contributed by atoms with E-state index < -0.39 is 0 Å². The van der Waals surface area contributed by atoms with E-state index in [4.69, 9.17) is 14.8 Å². The zero-order chi connectivity index (χ0) is 22.6. The third-order valence-corrected chi connectivity index (χ3v) is 7.53. The normalized spacial score (nSPS) is 17.5. The van der Waals surface area contributed by atoms with Crippen LogP contribution in [0.1, 0.15) is 50.3 Å². The van der Waals surface area contributed by atoms with Gasteiger partial charge in [0.1, 0.15) is 16.5 Å². The summed E-state index contributed by atoms with van der Waals surface area (Å²) in [6.07, 6.45) is 9.02. The molecule has 2 aromatic heterocycles. The predicted molar refractivity (Wildman–Crippen MR) is 126 cm³/mol. The van der Waals surface area contributed by atoms with Gasteiger partial charge in [-0.3, -0.25) is 9.48 Å². The van der Waals surface area contributed by atoms with Gasteiger partial charge in [0.2, 0.25) is 5.91 Å². The van der Waals surface area contributed by atoms with Crippen molar-refractivity contribution in [3.05, 3.63) is 47.4 Å². The molecule has 0 spiro atoms. The van der Waals surface area contributed by atoms with E-state index in [9.17, 15) is 9.18 Å². The molecule has 33 heavy (non-hydrogen) atoms. The van der Waals surface area contributed by atoms with Crippen LogP contribution in [0.15, 0.2) is 35.8 Å². The van der Waals surface area contributed by atoms with E-state index in [0.29, 0.717) is 18.5 Å². The standard InChI is InChI=1S/C25H29FN4O2S/c26-19-7-5-18(6-8-19)24-22(15-30(29-24)21-3-1-2-4-21)25-28-20(16-33-25)13-23(31)27-14-17-9-11-32-12-10-17/h5-8,15-17,21H,1-4,9-14H2,(H,27,31). The lowest BCUT2D eigenvalue weighted by molar-refractivity contribution is -0.120. The maximum Gasteiger partial charge on any atom is 0.226 e. The maximum atomic E-state index is 13.5. The van der Waals surface area contributed by atoms with Crippen LogP contribution in [0.4, 0.5) is 4.39 Å². The molecule has 1 amide bonds. The zero-order valence-corrected chi connectivity index (χ0v) is 19.5. The molecule has 1 saturated carbocycles. The van der Waals surface area contributed by atoms with E-state index in [0.717, 1.165) is 66.4 Å². The summed E-state index contributed by atoms with van der Waals surface area (Å²) < 4.78 is 20.9. The van der Waals surface area contributed by atoms with Gasteiger partial charge in [0.05, 0.1) is 23.7 Å². The van der Waals surface area contributed by atoms with E-state index in [1.807, 2.05) is 5.38 Å². The molecule has 3 heterocycles. The number of amides is 1. The summed E-state index contributed by atoms with van der Waals surface area (Å²) in [5.74, 6) is 0.228. The predicted octanol–water partition coefficient (Wildman–Crippen LogP) is 5.01. The van der Waals surface area contributed by atoms with E-state index in [1.54, 1.807) is 12.1 Å². The summed E-state index contributed by atoms with van der Waals surface area (Å²) in [6, 6.07) is 6.85. The molecular formula is C25H29FN4O2S. The average Bonchev–Trinajstić information content (AvgIpc) is 3.59. The number of nitrogens with zero attached hydrogens (tertiary/aromatic N) is 3. The Labute approximate surface area is 197 Å². The van der Waals surface area contributed by atoms with E-state index in [2.05, 4.69) is 16.2 Å². The molecule has 1 aliphatic carbocycles. The molecule has 6 nitrogen and oxygen atoms in total. The summed E-state index contributed by atoms with van der Waals surface area (Å²) >= 11 is 1.52. The number of hydrogen-bond acceptors (Lipinski definition) is 5. The number of thiazole rings is 1. The van der Waals surface area contributed by atoms with Gasteiger partial charge in [0.25, 0.3) is 0 Å². The number of ether oxygens (including phenoxy) is 1. The van der Waals surface area contributed by atoms with Gasteiger partial charge in [-0.05, 0) is 55.9 Å². The van der Waals surface area contributed by atoms with E-state index >= 15 is 0 Å². The highest BCUT2D eigenvalue weighted by molar-refractivity contribution is 7.13. The number of nitrogens with one attached hydrogen (secondary N) is 1. The van der Waals surface area contributed by atoms with Crippen LogP contribution in [0, 0.1) is 11.7 Å². The van der Waals surface area contributed by atoms with Gasteiger partial charge < -0.3 is 10.1 Å². The Morgan fingerprint density at radius 3 is 2.67 bits per heavy atom. The van der Waals surface area contributed by atoms with Gasteiger partial charge in [0.15, 0.2) is 0 Å². The topological polar surface area (TPSA) is 69.0 Å². The van der Waals surface area contributed by atoms with Crippen molar-refractivity contribution in [2.24, 2.45) is 5.92 Å². The number of halogens is 1. The van der Waals surface area contributed by atoms with Gasteiger partial charge in [-0.25, -0.2) is 9.37 Å². The van der Waals surface area contributed by atoms with Crippen LogP contribution in [0.25, 0.3) is 21.8 Å². The molecule has 1 aliphatic heterocycles. The van der Waals surface area contributed by atoms with Crippen molar-refractivity contribution >= 4 is 17.2 Å². The Bertz CT molecular complexity index is 1080. The van der Waals surface area contributed by atoms with Gasteiger partial charge in [0, 0.05) is 36.9 Å². The first-order valence-electron chi connectivity index (χ1n) is 11.8. The number of rotatable bonds is 7. The van der Waals surface area contributed by atoms with Gasteiger partial charge in [-0.2, -0.15) is 5.10 Å². The summed E-state index contributed by atoms with van der Waals surface area (Å²) in [5.41, 5.74) is 3.38. The first kappa shape index (κ1) is 22.2. The first-order chi connectivity index (χ1) is 16.2. The lowest BCUT2D eigenvalue weighted by atomic mass is 10.0. The number of carbonyl (C=O) groups is 1. The lowest BCUT2D eigenvalue weighted by Crippen LogP contribution is -2.33. The second-order valence-corrected chi connectivity index (χ2v) is 9.86. The number of aromatic nitrogens is 3. The second kappa shape index (κ2) is 10.1. The monoisotopic (exact) mass is 468 g/mol. The lowest BCUT2D eigenvalue weighted by Gasteiger charge is -2.22. The molecule has 0 atom stereocenters. The van der Waals surface area contributed by atoms with Crippen molar-refractivity contribution in [2.45, 2.75) is 51.0 Å². The van der Waals surface area contributed by atoms with Crippen molar-refractivity contribution in [3.8, 4) is 21.8 Å². The Morgan fingerprint density at radius 1 is 1.15 bits per heavy atom. The molecule has 0 radical (unpaired) electrons. The van der Waals surface area contributed by atoms with Gasteiger partial charge in [-0.15, -0.1) is 11.3 Å². The third-order valence-electron chi connectivity index (χ3n) is 6.60. The van der Waals surface area contributed by atoms with Crippen molar-refractivity contribution in [1.29, 1.82) is 0 Å². The largest absolute Gasteiger partial charge is 0.381 e. The first-order valence-corrected chi connectivity index (χ1v) is 12.7. The molecular weight excluding hydrogens is 439 g/mol. The Balaban J connectivity index is 1.33. The Morgan fingerprint density at radius 2 is 1.91 bits per heavy atom. The van der Waals surface area contributed by atoms with Crippen LogP contribution >= 0.6 is 11.3 Å². The van der Waals surface area contributed by atoms with E-state index in [1.165, 1.54) is 36.3 Å². The molecule has 1 saturated heterocycles. The van der Waals surface area contributed by atoms with Crippen molar-refractivity contribution in [1.82, 2.24) is 20.1 Å². The van der Waals surface area contributed by atoms with E-state index in [-0.39, 0.29) is 18.1 Å². The summed E-state index contributed by atoms with van der Waals surface area (Å²) in [4.78, 5) is 17.2. The fraction of sp³-hybridized carbons (Fsp3) is 0.480. The minimum atomic E-state index is -0.265. The van der Waals surface area contributed by atoms with Gasteiger partial charge in [-0.1, -0.05) is 12.8 Å². The smallest absolute Gasteiger partial charge is 0.226 e. The number of hydrogen-bond donors (Lipinski definition) is 1. The number of benzene rings is 1. The molecule has 0 unspecified atom stereocenters. The second-order valence-electron chi connectivity index (χ2n) is 9.00. The molecule has 174 valence electrons. The van der Waals surface area contributed by atoms with Crippen molar-refractivity contribution in [2.75, 3.05) is 19.8 Å². The molecule has 2 fully saturated rings. The van der Waals surface area contributed by atoms with Crippen molar-refractivity contribution < 1.29 is 13.9 Å². The number of carbonyl (C=O) groups excluding carboxylic acids is 1. The fourth-order valence-electron chi connectivity index (χ4n) is 4.67. The average molecular weight is 469 g/mol. The Hall–Kier alpha value is -2.58. The fourth-order valence-corrected chi connectivity index (χ4v) is 5.50. The van der Waals surface area contributed by atoms with Crippen LogP contribution < -0.4 is 5.32 Å². The van der Waals surface area contributed by atoms with Crippen molar-refractivity contribution in [3.63, 3.8) is 0 Å².